The van der Waals surface area contributed by atoms with E-state index in [-0.39, 0.29) is 0 Å². The van der Waals surface area contributed by atoms with Crippen molar-refractivity contribution in [3.8, 4) is 21.8 Å². The van der Waals surface area contributed by atoms with Crippen molar-refractivity contribution in [1.29, 1.82) is 0 Å². The van der Waals surface area contributed by atoms with Crippen LogP contribution < -0.4 is 4.90 Å². The van der Waals surface area contributed by atoms with Gasteiger partial charge >= 0.3 is 0 Å². The van der Waals surface area contributed by atoms with E-state index in [1.54, 1.807) is 28.9 Å². The van der Waals surface area contributed by atoms with E-state index in [0.29, 0.717) is 0 Å². The lowest BCUT2D eigenvalue weighted by atomic mass is 10.1. The molecule has 0 aliphatic carbocycles. The molecule has 0 radical (unpaired) electrons. The number of rotatable bonds is 3. The largest absolute Gasteiger partial charge is 0.342 e. The maximum atomic E-state index is 4.79. The molecule has 1 aliphatic rings. The number of aryl methyl sites for hydroxylation is 1. The van der Waals surface area contributed by atoms with Gasteiger partial charge in [0.1, 0.15) is 0 Å². The number of hydrogen-bond donors (Lipinski definition) is 0. The van der Waals surface area contributed by atoms with Crippen molar-refractivity contribution < 1.29 is 0 Å². The van der Waals surface area contributed by atoms with Gasteiger partial charge in [0, 0.05) is 41.3 Å². The highest BCUT2D eigenvalue weighted by Gasteiger charge is 2.23. The molecule has 0 amide bonds. The Morgan fingerprint density at radius 1 is 1.14 bits per heavy atom. The van der Waals surface area contributed by atoms with Crippen LogP contribution in [0.3, 0.4) is 0 Å². The van der Waals surface area contributed by atoms with Crippen LogP contribution in [0.2, 0.25) is 0 Å². The molecule has 5 aromatic rings. The molecule has 0 saturated heterocycles. The van der Waals surface area contributed by atoms with Gasteiger partial charge in [0.15, 0.2) is 0 Å². The number of thiazole rings is 1. The second kappa shape index (κ2) is 6.72. The fraction of sp³-hybridized carbons (Fsp3) is 0.200. The highest BCUT2D eigenvalue weighted by molar-refractivity contribution is 7.20. The lowest BCUT2D eigenvalue weighted by molar-refractivity contribution is 0.730. The SMILES string of the molecule is Cc1nc(-c2cc3c(s2)CCN(c2nn4cc(-c5cccnc5)nc4s2)C3)cs1. The van der Waals surface area contributed by atoms with Crippen LogP contribution in [0.1, 0.15) is 15.4 Å². The molecule has 0 unspecified atom stereocenters. The van der Waals surface area contributed by atoms with Gasteiger partial charge < -0.3 is 4.90 Å². The second-order valence-electron chi connectivity index (χ2n) is 6.96. The van der Waals surface area contributed by atoms with E-state index in [0.717, 1.165) is 51.6 Å². The van der Waals surface area contributed by atoms with Gasteiger partial charge in [-0.15, -0.1) is 27.8 Å². The zero-order valence-electron chi connectivity index (χ0n) is 15.6. The van der Waals surface area contributed by atoms with Crippen molar-refractivity contribution in [3.05, 3.63) is 57.6 Å². The summed E-state index contributed by atoms with van der Waals surface area (Å²) in [5.74, 6) is 0. The van der Waals surface area contributed by atoms with E-state index in [4.69, 9.17) is 10.1 Å². The quantitative estimate of drug-likeness (QED) is 0.402. The minimum Gasteiger partial charge on any atom is -0.342 e. The first kappa shape index (κ1) is 17.3. The van der Waals surface area contributed by atoms with Crippen molar-refractivity contribution in [3.63, 3.8) is 0 Å². The van der Waals surface area contributed by atoms with Crippen LogP contribution in [-0.4, -0.2) is 31.1 Å². The van der Waals surface area contributed by atoms with Crippen LogP contribution >= 0.6 is 34.0 Å². The molecular weight excluding hydrogens is 420 g/mol. The van der Waals surface area contributed by atoms with Crippen molar-refractivity contribution in [2.45, 2.75) is 19.9 Å². The van der Waals surface area contributed by atoms with Crippen LogP contribution in [0.25, 0.3) is 26.8 Å². The Morgan fingerprint density at radius 2 is 2.10 bits per heavy atom. The molecule has 0 fully saturated rings. The lowest BCUT2D eigenvalue weighted by Crippen LogP contribution is -2.29. The third-order valence-corrected chi connectivity index (χ3v) is 8.01. The fourth-order valence-electron chi connectivity index (χ4n) is 3.57. The van der Waals surface area contributed by atoms with Gasteiger partial charge in [0.2, 0.25) is 10.1 Å². The van der Waals surface area contributed by atoms with Crippen LogP contribution in [0.5, 0.6) is 0 Å². The van der Waals surface area contributed by atoms with E-state index < -0.39 is 0 Å². The van der Waals surface area contributed by atoms with Gasteiger partial charge in [-0.3, -0.25) is 4.98 Å². The molecule has 0 bridgehead atoms. The number of nitrogens with zero attached hydrogens (tertiary/aromatic N) is 6. The molecular formula is C20H16N6S3. The first-order valence-corrected chi connectivity index (χ1v) is 11.8. The number of thiophene rings is 1. The number of fused-ring (bicyclic) bond motifs is 2. The first-order chi connectivity index (χ1) is 14.2. The first-order valence-electron chi connectivity index (χ1n) is 9.28. The van der Waals surface area contributed by atoms with Gasteiger partial charge in [-0.2, -0.15) is 0 Å². The Bertz CT molecular complexity index is 1280. The third-order valence-electron chi connectivity index (χ3n) is 5.00. The summed E-state index contributed by atoms with van der Waals surface area (Å²) in [6.07, 6.45) is 6.63. The van der Waals surface area contributed by atoms with Crippen LogP contribution in [0.15, 0.2) is 42.2 Å². The van der Waals surface area contributed by atoms with E-state index in [9.17, 15) is 0 Å². The van der Waals surface area contributed by atoms with Crippen LogP contribution in [-0.2, 0) is 13.0 Å². The predicted octanol–water partition coefficient (Wildman–Crippen LogP) is 4.91. The Labute approximate surface area is 179 Å². The topological polar surface area (TPSA) is 59.2 Å². The molecule has 5 aromatic heterocycles. The van der Waals surface area contributed by atoms with E-state index in [1.807, 2.05) is 40.4 Å². The Kier molecular flexibility index (Phi) is 4.00. The minimum absolute atomic E-state index is 0.890. The third kappa shape index (κ3) is 3.06. The predicted molar refractivity (Wildman–Crippen MR) is 119 cm³/mol. The molecule has 0 N–H and O–H groups in total. The van der Waals surface area contributed by atoms with Crippen LogP contribution in [0, 0.1) is 6.92 Å². The van der Waals surface area contributed by atoms with Gasteiger partial charge in [-0.25, -0.2) is 14.5 Å². The molecule has 6 nitrogen and oxygen atoms in total. The Hall–Kier alpha value is -2.62. The summed E-state index contributed by atoms with van der Waals surface area (Å²) >= 11 is 5.23. The van der Waals surface area contributed by atoms with Crippen molar-refractivity contribution in [1.82, 2.24) is 24.6 Å². The summed E-state index contributed by atoms with van der Waals surface area (Å²) in [6, 6.07) is 6.25. The molecule has 6 rings (SSSR count). The summed E-state index contributed by atoms with van der Waals surface area (Å²) in [5, 5.41) is 9.08. The summed E-state index contributed by atoms with van der Waals surface area (Å²) in [4.78, 5) is 19.6. The molecule has 29 heavy (non-hydrogen) atoms. The van der Waals surface area contributed by atoms with Gasteiger partial charge in [0.25, 0.3) is 0 Å². The summed E-state index contributed by atoms with van der Waals surface area (Å²) in [5.41, 5.74) is 4.42. The van der Waals surface area contributed by atoms with Gasteiger partial charge in [0.05, 0.1) is 27.5 Å². The van der Waals surface area contributed by atoms with Crippen LogP contribution in [0.4, 0.5) is 5.13 Å². The molecule has 0 saturated carbocycles. The highest BCUT2D eigenvalue weighted by atomic mass is 32.1. The summed E-state index contributed by atoms with van der Waals surface area (Å²) in [7, 11) is 0. The Balaban J connectivity index is 1.27. The van der Waals surface area contributed by atoms with E-state index >= 15 is 0 Å². The summed E-state index contributed by atoms with van der Waals surface area (Å²) in [6.45, 7) is 3.93. The average molecular weight is 437 g/mol. The maximum absolute atomic E-state index is 4.79. The number of hydrogen-bond acceptors (Lipinski definition) is 8. The molecule has 0 spiro atoms. The standard InChI is InChI=1S/C20H16N6S3/c1-12-22-16(11-27-12)18-7-14-9-25(6-4-17(14)28-18)20-24-26-10-15(23-19(26)29-20)13-3-2-5-21-8-13/h2-3,5,7-8,10-11H,4,6,9H2,1H3. The Morgan fingerprint density at radius 3 is 2.90 bits per heavy atom. The van der Waals surface area contributed by atoms with Crippen molar-refractivity contribution >= 4 is 44.1 Å². The summed E-state index contributed by atoms with van der Waals surface area (Å²) < 4.78 is 1.88. The minimum atomic E-state index is 0.890. The smallest absolute Gasteiger partial charge is 0.214 e. The maximum Gasteiger partial charge on any atom is 0.214 e. The zero-order chi connectivity index (χ0) is 19.4. The molecule has 0 atom stereocenters. The van der Waals surface area contributed by atoms with Gasteiger partial charge in [-0.05, 0) is 37.1 Å². The number of anilines is 1. The number of aromatic nitrogens is 5. The molecule has 144 valence electrons. The highest BCUT2D eigenvalue weighted by Crippen LogP contribution is 2.37. The van der Waals surface area contributed by atoms with Crippen molar-refractivity contribution in [2.24, 2.45) is 0 Å². The van der Waals surface area contributed by atoms with Crippen molar-refractivity contribution in [2.75, 3.05) is 11.4 Å². The molecule has 6 heterocycles. The average Bonchev–Trinajstić information content (AvgIpc) is 3.49. The van der Waals surface area contributed by atoms with E-state index in [2.05, 4.69) is 33.2 Å². The molecule has 9 heteroatoms. The molecule has 0 aromatic carbocycles. The monoisotopic (exact) mass is 436 g/mol. The number of imidazole rings is 1. The second-order valence-corrected chi connectivity index (χ2v) is 10.1. The molecule has 1 aliphatic heterocycles. The number of pyridine rings is 1. The lowest BCUT2D eigenvalue weighted by Gasteiger charge is -2.25. The van der Waals surface area contributed by atoms with E-state index in [1.165, 1.54) is 15.3 Å². The zero-order valence-corrected chi connectivity index (χ0v) is 18.0. The normalized spacial score (nSPS) is 13.9. The fourth-order valence-corrected chi connectivity index (χ4v) is 6.29. The van der Waals surface area contributed by atoms with Gasteiger partial charge in [-0.1, -0.05) is 11.3 Å².